The molecule has 1 N–H and O–H groups in total. The summed E-state index contributed by atoms with van der Waals surface area (Å²) in [6, 6.07) is 37.0. The number of hydrogen-bond acceptors (Lipinski definition) is 2. The molecule has 43 heavy (non-hydrogen) atoms. The van der Waals surface area contributed by atoms with Crippen LogP contribution in [0.3, 0.4) is 0 Å². The lowest BCUT2D eigenvalue weighted by Crippen LogP contribution is -1.83. The summed E-state index contributed by atoms with van der Waals surface area (Å²) in [7, 11) is 0. The lowest BCUT2D eigenvalue weighted by Gasteiger charge is -2.08. The van der Waals surface area contributed by atoms with Crippen LogP contribution >= 0.6 is 22.7 Å². The molecule has 0 aliphatic carbocycles. The second kappa shape index (κ2) is 9.03. The predicted octanol–water partition coefficient (Wildman–Crippen LogP) is 12.6. The summed E-state index contributed by atoms with van der Waals surface area (Å²) in [5, 5.41) is 8.00. The summed E-state index contributed by atoms with van der Waals surface area (Å²) in [6.07, 6.45) is 0. The Morgan fingerprint density at radius 1 is 0.395 bits per heavy atom. The summed E-state index contributed by atoms with van der Waals surface area (Å²) >= 11 is 3.82. The van der Waals surface area contributed by atoms with E-state index in [-0.39, 0.29) is 0 Å². The zero-order chi connectivity index (χ0) is 29.0. The molecule has 0 saturated heterocycles. The van der Waals surface area contributed by atoms with Crippen molar-refractivity contribution in [3.05, 3.63) is 119 Å². The molecule has 206 valence electrons. The Bertz CT molecular complexity index is 2430. The van der Waals surface area contributed by atoms with Gasteiger partial charge in [-0.2, -0.15) is 0 Å². The topological polar surface area (TPSA) is 15.8 Å². The summed E-state index contributed by atoms with van der Waals surface area (Å²) in [5.41, 5.74) is 12.8. The number of benzene rings is 6. The van der Waals surface area contributed by atoms with Crippen LogP contribution in [0.15, 0.2) is 97.1 Å². The third-order valence-corrected chi connectivity index (χ3v) is 11.4. The van der Waals surface area contributed by atoms with Gasteiger partial charge in [-0.15, -0.1) is 22.7 Å². The van der Waals surface area contributed by atoms with Crippen LogP contribution in [0.5, 0.6) is 0 Å². The second-order valence-corrected chi connectivity index (χ2v) is 14.3. The van der Waals surface area contributed by atoms with Crippen LogP contribution in [0, 0.1) is 27.7 Å². The lowest BCUT2D eigenvalue weighted by atomic mass is 9.96. The number of H-pyrrole nitrogens is 1. The van der Waals surface area contributed by atoms with Crippen LogP contribution in [-0.4, -0.2) is 4.98 Å². The molecule has 9 aromatic rings. The number of nitrogens with one attached hydrogen (secondary N) is 1. The standard InChI is InChI=1S/C40H29NS2/c1-21-5-11-37-31(13-21)33-17-23(3)15-27(39(33)42-37)25-7-9-35-29(19-25)30-20-26(8-10-36(30)41-35)28-16-24(4)18-34-32-14-22(2)6-12-38(32)43-40(28)34/h5-20,41H,1-4H3. The third kappa shape index (κ3) is 3.82. The first-order valence-electron chi connectivity index (χ1n) is 14.8. The van der Waals surface area contributed by atoms with Gasteiger partial charge in [0.05, 0.1) is 0 Å². The van der Waals surface area contributed by atoms with Crippen LogP contribution < -0.4 is 0 Å². The van der Waals surface area contributed by atoms with E-state index in [4.69, 9.17) is 0 Å². The van der Waals surface area contributed by atoms with Crippen LogP contribution in [0.2, 0.25) is 0 Å². The number of aryl methyl sites for hydroxylation is 4. The molecular formula is C40H29NS2. The molecule has 0 spiro atoms. The highest BCUT2D eigenvalue weighted by molar-refractivity contribution is 7.26. The molecule has 3 heterocycles. The minimum atomic E-state index is 1.18. The fourth-order valence-electron chi connectivity index (χ4n) is 6.93. The molecule has 0 saturated carbocycles. The monoisotopic (exact) mass is 587 g/mol. The van der Waals surface area contributed by atoms with Crippen molar-refractivity contribution < 1.29 is 0 Å². The van der Waals surface area contributed by atoms with E-state index in [1.165, 1.54) is 107 Å². The van der Waals surface area contributed by atoms with E-state index in [9.17, 15) is 0 Å². The quantitative estimate of drug-likeness (QED) is 0.207. The average Bonchev–Trinajstić information content (AvgIpc) is 3.67. The van der Waals surface area contributed by atoms with Crippen molar-refractivity contribution in [2.75, 3.05) is 0 Å². The first-order valence-corrected chi connectivity index (χ1v) is 16.5. The number of thiophene rings is 2. The fourth-order valence-corrected chi connectivity index (χ4v) is 9.33. The van der Waals surface area contributed by atoms with E-state index in [1.807, 2.05) is 22.7 Å². The smallest absolute Gasteiger partial charge is 0.0465 e. The first kappa shape index (κ1) is 25.1. The molecular weight excluding hydrogens is 559 g/mol. The molecule has 0 radical (unpaired) electrons. The maximum atomic E-state index is 3.69. The molecule has 1 nitrogen and oxygen atoms in total. The highest BCUT2D eigenvalue weighted by Gasteiger charge is 2.16. The Morgan fingerprint density at radius 2 is 0.837 bits per heavy atom. The predicted molar refractivity (Wildman–Crippen MR) is 191 cm³/mol. The van der Waals surface area contributed by atoms with E-state index in [0.29, 0.717) is 0 Å². The maximum absolute atomic E-state index is 3.69. The van der Waals surface area contributed by atoms with Gasteiger partial charge in [0.15, 0.2) is 0 Å². The van der Waals surface area contributed by atoms with Crippen molar-refractivity contribution in [3.63, 3.8) is 0 Å². The molecule has 3 aromatic heterocycles. The van der Waals surface area contributed by atoms with Gasteiger partial charge in [0.25, 0.3) is 0 Å². The van der Waals surface area contributed by atoms with E-state index in [0.717, 1.165) is 0 Å². The molecule has 0 aliphatic rings. The van der Waals surface area contributed by atoms with E-state index in [1.54, 1.807) is 0 Å². The Balaban J connectivity index is 1.26. The molecule has 6 aromatic carbocycles. The third-order valence-electron chi connectivity index (χ3n) is 8.96. The van der Waals surface area contributed by atoms with Crippen molar-refractivity contribution in [1.82, 2.24) is 4.98 Å². The van der Waals surface area contributed by atoms with Crippen molar-refractivity contribution in [1.29, 1.82) is 0 Å². The number of aromatic amines is 1. The highest BCUT2D eigenvalue weighted by Crippen LogP contribution is 2.44. The molecule has 0 aliphatic heterocycles. The van der Waals surface area contributed by atoms with Gasteiger partial charge >= 0.3 is 0 Å². The Morgan fingerprint density at radius 3 is 1.30 bits per heavy atom. The molecule has 3 heteroatoms. The van der Waals surface area contributed by atoms with Crippen LogP contribution in [0.1, 0.15) is 22.3 Å². The van der Waals surface area contributed by atoms with Gasteiger partial charge < -0.3 is 4.98 Å². The minimum Gasteiger partial charge on any atom is -0.355 e. The van der Waals surface area contributed by atoms with E-state index in [2.05, 4.69) is 130 Å². The van der Waals surface area contributed by atoms with Crippen molar-refractivity contribution in [3.8, 4) is 22.3 Å². The number of rotatable bonds is 2. The summed E-state index contributed by atoms with van der Waals surface area (Å²) in [5.74, 6) is 0. The molecule has 0 bridgehead atoms. The Labute approximate surface area is 258 Å². The maximum Gasteiger partial charge on any atom is 0.0465 e. The Kier molecular flexibility index (Phi) is 5.27. The fraction of sp³-hybridized carbons (Fsp3) is 0.100. The largest absolute Gasteiger partial charge is 0.355 e. The average molecular weight is 588 g/mol. The first-order chi connectivity index (χ1) is 20.9. The molecule has 0 fully saturated rings. The number of aromatic nitrogens is 1. The van der Waals surface area contributed by atoms with Gasteiger partial charge in [-0.1, -0.05) is 35.4 Å². The van der Waals surface area contributed by atoms with Crippen LogP contribution in [-0.2, 0) is 0 Å². The highest BCUT2D eigenvalue weighted by atomic mass is 32.1. The van der Waals surface area contributed by atoms with Gasteiger partial charge in [-0.25, -0.2) is 0 Å². The second-order valence-electron chi connectivity index (χ2n) is 12.2. The van der Waals surface area contributed by atoms with Crippen LogP contribution in [0.25, 0.3) is 84.4 Å². The zero-order valence-corrected chi connectivity index (χ0v) is 26.2. The molecule has 9 rings (SSSR count). The van der Waals surface area contributed by atoms with Crippen LogP contribution in [0.4, 0.5) is 0 Å². The molecule has 0 unspecified atom stereocenters. The SMILES string of the molecule is Cc1ccc2sc3c(-c4ccc5[nH]c6ccc(-c7cc(C)cc8c7sc7ccc(C)cc78)cc6c5c4)cc(C)cc3c2c1. The van der Waals surface area contributed by atoms with Crippen molar-refractivity contribution in [2.45, 2.75) is 27.7 Å². The van der Waals surface area contributed by atoms with E-state index < -0.39 is 0 Å². The number of fused-ring (bicyclic) bond motifs is 9. The lowest BCUT2D eigenvalue weighted by molar-refractivity contribution is 1.50. The number of hydrogen-bond donors (Lipinski definition) is 1. The molecule has 0 atom stereocenters. The van der Waals surface area contributed by atoms with Gasteiger partial charge in [0, 0.05) is 62.2 Å². The van der Waals surface area contributed by atoms with Gasteiger partial charge in [-0.3, -0.25) is 0 Å². The Hall–Kier alpha value is -4.44. The van der Waals surface area contributed by atoms with Gasteiger partial charge in [-0.05, 0) is 134 Å². The summed E-state index contributed by atoms with van der Waals surface area (Å²) in [4.78, 5) is 3.69. The van der Waals surface area contributed by atoms with Crippen molar-refractivity contribution >= 4 is 84.8 Å². The molecule has 0 amide bonds. The normalized spacial score (nSPS) is 12.2. The van der Waals surface area contributed by atoms with Gasteiger partial charge in [0.2, 0.25) is 0 Å². The summed E-state index contributed by atoms with van der Waals surface area (Å²) < 4.78 is 5.44. The van der Waals surface area contributed by atoms with Crippen molar-refractivity contribution in [2.24, 2.45) is 0 Å². The summed E-state index contributed by atoms with van der Waals surface area (Å²) in [6.45, 7) is 8.80. The van der Waals surface area contributed by atoms with E-state index >= 15 is 0 Å². The zero-order valence-electron chi connectivity index (χ0n) is 24.6. The van der Waals surface area contributed by atoms with Gasteiger partial charge in [0.1, 0.15) is 0 Å². The minimum absolute atomic E-state index is 1.18.